The third kappa shape index (κ3) is 7.57. The number of hydrogen-bond acceptors (Lipinski definition) is 8. The SMILES string of the molecule is COc1ccc(CCNC(=O)CSc2nc(Cl)cc(N3CCN(C(=O)c4ccc(C)cc4)C(C)C3)n2)cc1OC. The molecule has 2 heterocycles. The number of carbonyl (C=O) groups is 2. The minimum atomic E-state index is -0.118. The second-order valence-corrected chi connectivity index (χ2v) is 10.9. The van der Waals surface area contributed by atoms with Crippen molar-refractivity contribution in [3.05, 3.63) is 70.4 Å². The number of thioether (sulfide) groups is 1. The molecule has 0 aliphatic carbocycles. The number of carbonyl (C=O) groups excluding carboxylic acids is 2. The van der Waals surface area contributed by atoms with Gasteiger partial charge in [0.25, 0.3) is 5.91 Å². The van der Waals surface area contributed by atoms with Crippen molar-refractivity contribution in [1.82, 2.24) is 20.2 Å². The Kier molecular flexibility index (Phi) is 10.1. The van der Waals surface area contributed by atoms with Crippen molar-refractivity contribution >= 4 is 41.0 Å². The Morgan fingerprint density at radius 2 is 1.80 bits per heavy atom. The Bertz CT molecular complexity index is 1340. The van der Waals surface area contributed by atoms with Gasteiger partial charge < -0.3 is 24.6 Å². The van der Waals surface area contributed by atoms with E-state index in [-0.39, 0.29) is 23.6 Å². The van der Waals surface area contributed by atoms with Crippen molar-refractivity contribution in [3.63, 3.8) is 0 Å². The van der Waals surface area contributed by atoms with Gasteiger partial charge >= 0.3 is 0 Å². The van der Waals surface area contributed by atoms with Crippen LogP contribution in [0.3, 0.4) is 0 Å². The number of halogens is 1. The Hall–Kier alpha value is -3.50. The normalized spacial score (nSPS) is 15.1. The summed E-state index contributed by atoms with van der Waals surface area (Å²) in [6.45, 7) is 6.33. The molecule has 1 fully saturated rings. The van der Waals surface area contributed by atoms with Crippen molar-refractivity contribution in [2.24, 2.45) is 0 Å². The number of aromatic nitrogens is 2. The minimum Gasteiger partial charge on any atom is -0.493 e. The van der Waals surface area contributed by atoms with Crippen LogP contribution >= 0.6 is 23.4 Å². The lowest BCUT2D eigenvalue weighted by atomic mass is 10.1. The number of amides is 2. The molecular weight excluding hydrogens is 550 g/mol. The molecule has 0 bridgehead atoms. The Balaban J connectivity index is 1.28. The van der Waals surface area contributed by atoms with Crippen LogP contribution in [0.2, 0.25) is 5.15 Å². The summed E-state index contributed by atoms with van der Waals surface area (Å²) in [6, 6.07) is 15.1. The van der Waals surface area contributed by atoms with Crippen molar-refractivity contribution in [3.8, 4) is 11.5 Å². The van der Waals surface area contributed by atoms with E-state index < -0.39 is 0 Å². The summed E-state index contributed by atoms with van der Waals surface area (Å²) in [5, 5.41) is 3.68. The Morgan fingerprint density at radius 3 is 2.50 bits per heavy atom. The van der Waals surface area contributed by atoms with Gasteiger partial charge in [-0.25, -0.2) is 9.97 Å². The van der Waals surface area contributed by atoms with Gasteiger partial charge in [0.15, 0.2) is 16.7 Å². The maximum atomic E-state index is 13.0. The lowest BCUT2D eigenvalue weighted by Gasteiger charge is -2.40. The topological polar surface area (TPSA) is 96.9 Å². The van der Waals surface area contributed by atoms with E-state index in [0.29, 0.717) is 65.8 Å². The number of piperazine rings is 1. The number of nitrogens with zero attached hydrogens (tertiary/aromatic N) is 4. The predicted molar refractivity (Wildman–Crippen MR) is 158 cm³/mol. The third-order valence-electron chi connectivity index (χ3n) is 6.69. The summed E-state index contributed by atoms with van der Waals surface area (Å²) in [5.74, 6) is 2.09. The Morgan fingerprint density at radius 1 is 1.05 bits per heavy atom. The number of ether oxygens (including phenoxy) is 2. The molecule has 1 saturated heterocycles. The van der Waals surface area contributed by atoms with E-state index in [0.717, 1.165) is 11.1 Å². The molecule has 4 rings (SSSR count). The summed E-state index contributed by atoms with van der Waals surface area (Å²) in [7, 11) is 3.19. The monoisotopic (exact) mass is 583 g/mol. The van der Waals surface area contributed by atoms with Gasteiger partial charge in [-0.2, -0.15) is 0 Å². The van der Waals surface area contributed by atoms with Crippen LogP contribution in [0.25, 0.3) is 0 Å². The summed E-state index contributed by atoms with van der Waals surface area (Å²) in [4.78, 5) is 38.4. The summed E-state index contributed by atoms with van der Waals surface area (Å²) in [5.41, 5.74) is 2.84. The van der Waals surface area contributed by atoms with E-state index in [1.807, 2.05) is 61.2 Å². The van der Waals surface area contributed by atoms with Gasteiger partial charge in [-0.05, 0) is 50.1 Å². The first-order valence-electron chi connectivity index (χ1n) is 13.0. The molecule has 11 heteroatoms. The van der Waals surface area contributed by atoms with Crippen LogP contribution in [-0.4, -0.2) is 78.9 Å². The fourth-order valence-electron chi connectivity index (χ4n) is 4.50. The highest BCUT2D eigenvalue weighted by Gasteiger charge is 2.29. The molecule has 2 amide bonds. The van der Waals surface area contributed by atoms with Crippen LogP contribution in [0.4, 0.5) is 5.82 Å². The van der Waals surface area contributed by atoms with Crippen LogP contribution < -0.4 is 19.7 Å². The number of anilines is 1. The average molecular weight is 584 g/mol. The third-order valence-corrected chi connectivity index (χ3v) is 7.73. The van der Waals surface area contributed by atoms with Crippen LogP contribution in [0.1, 0.15) is 28.4 Å². The van der Waals surface area contributed by atoms with E-state index >= 15 is 0 Å². The van der Waals surface area contributed by atoms with E-state index in [2.05, 4.69) is 20.2 Å². The fourth-order valence-corrected chi connectivity index (χ4v) is 5.42. The van der Waals surface area contributed by atoms with Crippen molar-refractivity contribution < 1.29 is 19.1 Å². The maximum absolute atomic E-state index is 13.0. The first kappa shape index (κ1) is 29.5. The number of benzene rings is 2. The lowest BCUT2D eigenvalue weighted by molar-refractivity contribution is -0.118. The molecule has 1 N–H and O–H groups in total. The van der Waals surface area contributed by atoms with E-state index in [1.54, 1.807) is 20.3 Å². The molecule has 1 aliphatic rings. The zero-order valence-electron chi connectivity index (χ0n) is 23.1. The zero-order chi connectivity index (χ0) is 28.6. The number of aryl methyl sites for hydroxylation is 1. The van der Waals surface area contributed by atoms with E-state index in [4.69, 9.17) is 21.1 Å². The summed E-state index contributed by atoms with van der Waals surface area (Å²) in [6.07, 6.45) is 0.658. The second kappa shape index (κ2) is 13.7. The van der Waals surface area contributed by atoms with Crippen molar-refractivity contribution in [2.75, 3.05) is 51.1 Å². The first-order valence-corrected chi connectivity index (χ1v) is 14.4. The molecule has 2 aromatic carbocycles. The van der Waals surface area contributed by atoms with Crippen molar-refractivity contribution in [2.45, 2.75) is 31.5 Å². The Labute approximate surface area is 244 Å². The van der Waals surface area contributed by atoms with Gasteiger partial charge in [0.2, 0.25) is 5.91 Å². The van der Waals surface area contributed by atoms with E-state index in [9.17, 15) is 9.59 Å². The quantitative estimate of drug-likeness (QED) is 0.215. The van der Waals surface area contributed by atoms with Gasteiger partial charge in [0, 0.05) is 43.9 Å². The second-order valence-electron chi connectivity index (χ2n) is 9.57. The molecule has 0 saturated carbocycles. The highest BCUT2D eigenvalue weighted by molar-refractivity contribution is 7.99. The molecule has 9 nitrogen and oxygen atoms in total. The van der Waals surface area contributed by atoms with E-state index in [1.165, 1.54) is 11.8 Å². The molecule has 0 radical (unpaired) electrons. The molecule has 1 atom stereocenters. The highest BCUT2D eigenvalue weighted by Crippen LogP contribution is 2.28. The molecular formula is C29H34ClN5O4S. The van der Waals surface area contributed by atoms with Gasteiger partial charge in [0.05, 0.1) is 20.0 Å². The largest absolute Gasteiger partial charge is 0.493 e. The maximum Gasteiger partial charge on any atom is 0.254 e. The smallest absolute Gasteiger partial charge is 0.254 e. The molecule has 40 heavy (non-hydrogen) atoms. The number of rotatable bonds is 10. The van der Waals surface area contributed by atoms with Crippen LogP contribution in [0, 0.1) is 6.92 Å². The van der Waals surface area contributed by atoms with Gasteiger partial charge in [-0.15, -0.1) is 0 Å². The molecule has 212 valence electrons. The summed E-state index contributed by atoms with van der Waals surface area (Å²) >= 11 is 7.55. The predicted octanol–water partition coefficient (Wildman–Crippen LogP) is 4.26. The van der Waals surface area contributed by atoms with Gasteiger partial charge in [-0.1, -0.05) is 47.1 Å². The lowest BCUT2D eigenvalue weighted by Crippen LogP contribution is -2.54. The average Bonchev–Trinajstić information content (AvgIpc) is 2.95. The van der Waals surface area contributed by atoms with Crippen LogP contribution in [0.5, 0.6) is 11.5 Å². The standard InChI is InChI=1S/C29H34ClN5O4S/c1-19-5-8-22(9-6-19)28(37)35-14-13-34(17-20(35)2)26-16-25(30)32-29(33-26)40-18-27(36)31-12-11-21-7-10-23(38-3)24(15-21)39-4/h5-10,15-16,20H,11-14,17-18H2,1-4H3,(H,31,36). The molecule has 3 aromatic rings. The number of methoxy groups -OCH3 is 2. The molecule has 0 spiro atoms. The zero-order valence-corrected chi connectivity index (χ0v) is 24.7. The highest BCUT2D eigenvalue weighted by atomic mass is 35.5. The minimum absolute atomic E-state index is 0.0103. The fraction of sp³-hybridized carbons (Fsp3) is 0.379. The van der Waals surface area contributed by atoms with Gasteiger partial charge in [0.1, 0.15) is 11.0 Å². The first-order chi connectivity index (χ1) is 19.3. The van der Waals surface area contributed by atoms with Crippen LogP contribution in [0.15, 0.2) is 53.7 Å². The van der Waals surface area contributed by atoms with Gasteiger partial charge in [-0.3, -0.25) is 9.59 Å². The molecule has 1 unspecified atom stereocenters. The molecule has 1 aromatic heterocycles. The van der Waals surface area contributed by atoms with Crippen molar-refractivity contribution in [1.29, 1.82) is 0 Å². The summed E-state index contributed by atoms with van der Waals surface area (Å²) < 4.78 is 10.6. The molecule has 1 aliphatic heterocycles. The number of nitrogens with one attached hydrogen (secondary N) is 1. The number of hydrogen-bond donors (Lipinski definition) is 1. The van der Waals surface area contributed by atoms with Crippen LogP contribution in [-0.2, 0) is 11.2 Å².